The van der Waals surface area contributed by atoms with E-state index in [1.54, 1.807) is 0 Å². The quantitative estimate of drug-likeness (QED) is 0.522. The molecule has 132 valence electrons. The fourth-order valence-corrected chi connectivity index (χ4v) is 4.56. The van der Waals surface area contributed by atoms with Crippen LogP contribution in [0.4, 0.5) is 0 Å². The molecule has 25 heavy (non-hydrogen) atoms. The smallest absolute Gasteiger partial charge is 0.399 e. The molecule has 0 unspecified atom stereocenters. The molecule has 2 nitrogen and oxygen atoms in total. The molecule has 3 rings (SSSR count). The second-order valence-electron chi connectivity index (χ2n) is 7.78. The predicted octanol–water partition coefficient (Wildman–Crippen LogP) is 5.79. The Morgan fingerprint density at radius 1 is 0.760 bits per heavy atom. The first kappa shape index (κ1) is 19.2. The maximum atomic E-state index is 6.21. The SMILES string of the molecule is Cc1cc(B2OC(C)(C)C(C)(C)O2)cc(C)c1-c1cc(Br)cc(Br)c1. The molecule has 0 radical (unpaired) electrons. The Morgan fingerprint density at radius 3 is 1.64 bits per heavy atom. The molecule has 0 saturated carbocycles. The molecule has 1 heterocycles. The lowest BCUT2D eigenvalue weighted by atomic mass is 9.76. The van der Waals surface area contributed by atoms with Gasteiger partial charge in [-0.15, -0.1) is 0 Å². The Balaban J connectivity index is 2.02. The van der Waals surface area contributed by atoms with Crippen LogP contribution in [0, 0.1) is 13.8 Å². The molecule has 1 aliphatic heterocycles. The lowest BCUT2D eigenvalue weighted by Gasteiger charge is -2.32. The van der Waals surface area contributed by atoms with Crippen LogP contribution in [0.5, 0.6) is 0 Å². The summed E-state index contributed by atoms with van der Waals surface area (Å²) < 4.78 is 14.5. The van der Waals surface area contributed by atoms with Gasteiger partial charge in [-0.3, -0.25) is 0 Å². The van der Waals surface area contributed by atoms with Crippen LogP contribution >= 0.6 is 31.9 Å². The van der Waals surface area contributed by atoms with Crippen LogP contribution in [-0.4, -0.2) is 18.3 Å². The van der Waals surface area contributed by atoms with Crippen molar-refractivity contribution in [2.24, 2.45) is 0 Å². The van der Waals surface area contributed by atoms with Gasteiger partial charge < -0.3 is 9.31 Å². The zero-order chi connectivity index (χ0) is 18.6. The molecule has 0 bridgehead atoms. The van der Waals surface area contributed by atoms with Crippen molar-refractivity contribution in [2.75, 3.05) is 0 Å². The van der Waals surface area contributed by atoms with Crippen molar-refractivity contribution in [1.29, 1.82) is 0 Å². The molecule has 1 aliphatic rings. The van der Waals surface area contributed by atoms with Crippen molar-refractivity contribution in [3.05, 3.63) is 50.4 Å². The van der Waals surface area contributed by atoms with Gasteiger partial charge in [0, 0.05) is 8.95 Å². The van der Waals surface area contributed by atoms with Gasteiger partial charge >= 0.3 is 7.12 Å². The molecule has 2 aromatic rings. The first-order valence-electron chi connectivity index (χ1n) is 8.43. The van der Waals surface area contributed by atoms with Crippen molar-refractivity contribution in [2.45, 2.75) is 52.7 Å². The van der Waals surface area contributed by atoms with Crippen LogP contribution < -0.4 is 5.46 Å². The number of aryl methyl sites for hydroxylation is 2. The van der Waals surface area contributed by atoms with Crippen LogP contribution in [0.3, 0.4) is 0 Å². The summed E-state index contributed by atoms with van der Waals surface area (Å²) in [7, 11) is -0.328. The molecule has 0 aromatic heterocycles. The van der Waals surface area contributed by atoms with E-state index in [2.05, 4.69) is 97.7 Å². The topological polar surface area (TPSA) is 18.5 Å². The summed E-state index contributed by atoms with van der Waals surface area (Å²) in [5.74, 6) is 0. The fourth-order valence-electron chi connectivity index (χ4n) is 3.27. The van der Waals surface area contributed by atoms with Crippen LogP contribution in [-0.2, 0) is 9.31 Å². The second kappa shape index (κ2) is 6.52. The zero-order valence-electron chi connectivity index (χ0n) is 15.5. The van der Waals surface area contributed by atoms with Crippen LogP contribution in [0.15, 0.2) is 39.3 Å². The number of hydrogen-bond acceptors (Lipinski definition) is 2. The lowest BCUT2D eigenvalue weighted by Crippen LogP contribution is -2.41. The molecule has 0 atom stereocenters. The number of halogens is 2. The van der Waals surface area contributed by atoms with E-state index in [1.165, 1.54) is 22.3 Å². The van der Waals surface area contributed by atoms with Crippen LogP contribution in [0.25, 0.3) is 11.1 Å². The first-order valence-corrected chi connectivity index (χ1v) is 10.0. The zero-order valence-corrected chi connectivity index (χ0v) is 18.7. The third kappa shape index (κ3) is 3.62. The van der Waals surface area contributed by atoms with Gasteiger partial charge in [0.1, 0.15) is 0 Å². The van der Waals surface area contributed by atoms with E-state index in [9.17, 15) is 0 Å². The Bertz CT molecular complexity index is 771. The lowest BCUT2D eigenvalue weighted by molar-refractivity contribution is 0.00578. The summed E-state index contributed by atoms with van der Waals surface area (Å²) in [6.07, 6.45) is 0. The van der Waals surface area contributed by atoms with Gasteiger partial charge in [0.15, 0.2) is 0 Å². The highest BCUT2D eigenvalue weighted by Crippen LogP contribution is 2.37. The molecule has 0 aliphatic carbocycles. The van der Waals surface area contributed by atoms with E-state index in [4.69, 9.17) is 9.31 Å². The van der Waals surface area contributed by atoms with Crippen molar-refractivity contribution in [1.82, 2.24) is 0 Å². The average Bonchev–Trinajstić information content (AvgIpc) is 2.65. The monoisotopic (exact) mass is 464 g/mol. The highest BCUT2D eigenvalue weighted by atomic mass is 79.9. The molecule has 2 aromatic carbocycles. The summed E-state index contributed by atoms with van der Waals surface area (Å²) in [5, 5.41) is 0. The van der Waals surface area contributed by atoms with Gasteiger partial charge in [-0.05, 0) is 87.5 Å². The van der Waals surface area contributed by atoms with E-state index < -0.39 is 0 Å². The Hall–Kier alpha value is -0.615. The molecule has 0 N–H and O–H groups in total. The summed E-state index contributed by atoms with van der Waals surface area (Å²) in [6, 6.07) is 10.7. The minimum Gasteiger partial charge on any atom is -0.399 e. The predicted molar refractivity (Wildman–Crippen MR) is 112 cm³/mol. The van der Waals surface area contributed by atoms with Gasteiger partial charge in [-0.2, -0.15) is 0 Å². The molecule has 5 heteroatoms. The molecule has 1 saturated heterocycles. The number of benzene rings is 2. The summed E-state index contributed by atoms with van der Waals surface area (Å²) >= 11 is 7.17. The van der Waals surface area contributed by atoms with E-state index in [0.29, 0.717) is 0 Å². The molecule has 0 amide bonds. The van der Waals surface area contributed by atoms with Crippen molar-refractivity contribution in [3.63, 3.8) is 0 Å². The maximum absolute atomic E-state index is 6.21. The van der Waals surface area contributed by atoms with Crippen molar-refractivity contribution in [3.8, 4) is 11.1 Å². The molecular formula is C20H23BBr2O2. The summed E-state index contributed by atoms with van der Waals surface area (Å²) in [4.78, 5) is 0. The Morgan fingerprint density at radius 2 is 1.20 bits per heavy atom. The number of rotatable bonds is 2. The van der Waals surface area contributed by atoms with E-state index in [1.807, 2.05) is 6.07 Å². The third-order valence-corrected chi connectivity index (χ3v) is 6.15. The van der Waals surface area contributed by atoms with E-state index in [0.717, 1.165) is 14.4 Å². The second-order valence-corrected chi connectivity index (χ2v) is 9.61. The Kier molecular flexibility index (Phi) is 5.00. The minimum absolute atomic E-state index is 0.326. The van der Waals surface area contributed by atoms with Gasteiger partial charge in [-0.25, -0.2) is 0 Å². The summed E-state index contributed by atoms with van der Waals surface area (Å²) in [5.41, 5.74) is 5.30. The highest BCUT2D eigenvalue weighted by molar-refractivity contribution is 9.11. The van der Waals surface area contributed by atoms with Gasteiger partial charge in [0.2, 0.25) is 0 Å². The highest BCUT2D eigenvalue weighted by Gasteiger charge is 2.51. The Labute approximate surface area is 167 Å². The third-order valence-electron chi connectivity index (χ3n) is 5.23. The number of hydrogen-bond donors (Lipinski definition) is 0. The van der Waals surface area contributed by atoms with Crippen molar-refractivity contribution >= 4 is 44.4 Å². The van der Waals surface area contributed by atoms with Gasteiger partial charge in [0.25, 0.3) is 0 Å². The van der Waals surface area contributed by atoms with Gasteiger partial charge in [-0.1, -0.05) is 44.0 Å². The first-order chi connectivity index (χ1) is 11.5. The molecule has 0 spiro atoms. The maximum Gasteiger partial charge on any atom is 0.494 e. The van der Waals surface area contributed by atoms with Crippen LogP contribution in [0.1, 0.15) is 38.8 Å². The average molecular weight is 466 g/mol. The standard InChI is InChI=1S/C20H23BBr2O2/c1-12-7-15(21-24-19(3,4)20(5,6)25-21)8-13(2)18(12)14-9-16(22)11-17(23)10-14/h7-11H,1-6H3. The summed E-state index contributed by atoms with van der Waals surface area (Å²) in [6.45, 7) is 12.6. The van der Waals surface area contributed by atoms with E-state index >= 15 is 0 Å². The van der Waals surface area contributed by atoms with E-state index in [-0.39, 0.29) is 18.3 Å². The largest absolute Gasteiger partial charge is 0.494 e. The fraction of sp³-hybridized carbons (Fsp3) is 0.400. The molecular weight excluding hydrogens is 443 g/mol. The van der Waals surface area contributed by atoms with Gasteiger partial charge in [0.05, 0.1) is 11.2 Å². The normalized spacial score (nSPS) is 18.6. The minimum atomic E-state index is -0.328. The van der Waals surface area contributed by atoms with Crippen LogP contribution in [0.2, 0.25) is 0 Å². The van der Waals surface area contributed by atoms with Crippen molar-refractivity contribution < 1.29 is 9.31 Å². The molecule has 1 fully saturated rings.